The Balaban J connectivity index is 0.871. The summed E-state index contributed by atoms with van der Waals surface area (Å²) in [6, 6.07) is 56.5. The lowest BCUT2D eigenvalue weighted by atomic mass is 9.94. The van der Waals surface area contributed by atoms with E-state index >= 15 is 9.59 Å². The molecule has 0 N–H and O–H groups in total. The summed E-state index contributed by atoms with van der Waals surface area (Å²) in [4.78, 5) is 89.3. The zero-order valence-corrected chi connectivity index (χ0v) is 64.9. The number of carbonyl (C=O) groups excluding carboxylic acids is 6. The van der Waals surface area contributed by atoms with Crippen molar-refractivity contribution >= 4 is 35.8 Å². The van der Waals surface area contributed by atoms with E-state index in [-0.39, 0.29) is 53.2 Å². The van der Waals surface area contributed by atoms with Gasteiger partial charge in [0.2, 0.25) is 0 Å². The second-order valence-electron chi connectivity index (χ2n) is 28.2. The van der Waals surface area contributed by atoms with Crippen molar-refractivity contribution < 1.29 is 147 Å². The zero-order valence-electron chi connectivity index (χ0n) is 64.9. The van der Waals surface area contributed by atoms with E-state index in [1.807, 2.05) is 6.07 Å². The molecule has 31 heteroatoms. The third kappa shape index (κ3) is 19.3. The monoisotopic (exact) mass is 1620 g/mol. The highest BCUT2D eigenvalue weighted by Gasteiger charge is 2.62. The Hall–Kier alpha value is -9.40. The van der Waals surface area contributed by atoms with Gasteiger partial charge in [-0.2, -0.15) is 0 Å². The van der Waals surface area contributed by atoms with Gasteiger partial charge in [0.15, 0.2) is 62.2 Å². The van der Waals surface area contributed by atoms with E-state index in [9.17, 15) is 19.2 Å². The van der Waals surface area contributed by atoms with Crippen molar-refractivity contribution in [3.05, 3.63) is 251 Å². The van der Waals surface area contributed by atoms with Gasteiger partial charge in [-0.05, 0) is 72.8 Å². The van der Waals surface area contributed by atoms with Gasteiger partial charge in [-0.15, -0.1) is 0 Å². The summed E-state index contributed by atoms with van der Waals surface area (Å²) in [5, 5.41) is 0. The average molecular weight is 1620 g/mol. The first-order valence-electron chi connectivity index (χ1n) is 38.2. The minimum atomic E-state index is -2.05. The molecule has 622 valence electrons. The van der Waals surface area contributed by atoms with Gasteiger partial charge in [-0.25, -0.2) is 28.8 Å². The van der Waals surface area contributed by atoms with Gasteiger partial charge in [0.1, 0.15) is 111 Å². The van der Waals surface area contributed by atoms with Crippen LogP contribution < -0.4 is 0 Å². The molecule has 2 bridgehead atoms. The standard InChI is InChI=1S/C86H92O31/c1-93-43-55-60(66(95-3)71(98-6)83(105-55)115-62-58-47-103-82(104-58)70(97-5)65(62)94-2)114-84-72(99-7)67(96-4)61(56(106-84)44-100-75(87)48-29-15-8-16-30-48)116-85-74(112-80(92)53-39-25-13-26-40-53)69(110-78(90)51-35-21-11-22-36-51)64(57(107-85)45-101-76(88)49-31-17-9-18-32-49)117-86-73(111-79(91)52-37-23-12-24-38-52)68(109-77(89)50-33-19-10-20-34-50)63-59(108-86)46-102-81(113-63)54-41-27-14-28-42-54/h8-42,55-74,81-86H,43-47H2,1-7H3/t55?,56?,57?,58-,59?,60+,61+,62+,63+,64+,65?,66-,67-,68?,69?,70?,71?,72?,73?,74?,81?,82+,83-,84-,85-,86+/m0/s1. The first-order valence-corrected chi connectivity index (χ1v) is 38.2. The molecule has 117 heavy (non-hydrogen) atoms. The molecule has 31 nitrogen and oxygen atoms in total. The van der Waals surface area contributed by atoms with Gasteiger partial charge in [0.05, 0.1) is 53.2 Å². The highest BCUT2D eigenvalue weighted by Crippen LogP contribution is 2.44. The molecule has 0 saturated carbocycles. The number of esters is 6. The number of benzene rings is 7. The van der Waals surface area contributed by atoms with Crippen LogP contribution in [0.5, 0.6) is 0 Å². The molecule has 7 saturated heterocycles. The van der Waals surface area contributed by atoms with E-state index in [2.05, 4.69) is 0 Å². The molecule has 7 fully saturated rings. The van der Waals surface area contributed by atoms with Gasteiger partial charge < -0.3 is 118 Å². The average Bonchev–Trinajstić information content (AvgIpc) is 1.08. The first-order chi connectivity index (χ1) is 57.2. The van der Waals surface area contributed by atoms with E-state index in [1.54, 1.807) is 146 Å². The maximum atomic E-state index is 15.4. The van der Waals surface area contributed by atoms with E-state index in [4.69, 9.17) is 118 Å². The van der Waals surface area contributed by atoms with Crippen LogP contribution in [0.3, 0.4) is 0 Å². The van der Waals surface area contributed by atoms with Gasteiger partial charge in [-0.3, -0.25) is 0 Å². The van der Waals surface area contributed by atoms with Crippen LogP contribution >= 0.6 is 0 Å². The van der Waals surface area contributed by atoms with Crippen LogP contribution in [0.25, 0.3) is 0 Å². The molecule has 7 aliphatic heterocycles. The maximum absolute atomic E-state index is 15.4. The van der Waals surface area contributed by atoms with Crippen LogP contribution in [0, 0.1) is 0 Å². The second kappa shape index (κ2) is 39.9. The number of fused-ring (bicyclic) bond motifs is 3. The fourth-order valence-corrected chi connectivity index (χ4v) is 15.3. The van der Waals surface area contributed by atoms with Crippen molar-refractivity contribution in [3.8, 4) is 0 Å². The Morgan fingerprint density at radius 3 is 1.00 bits per heavy atom. The third-order valence-corrected chi connectivity index (χ3v) is 21.1. The fourth-order valence-electron chi connectivity index (χ4n) is 15.3. The Morgan fingerprint density at radius 2 is 0.598 bits per heavy atom. The van der Waals surface area contributed by atoms with Crippen LogP contribution in [0.15, 0.2) is 212 Å². The zero-order chi connectivity index (χ0) is 81.5. The van der Waals surface area contributed by atoms with Crippen LogP contribution in [-0.2, 0) is 118 Å². The quantitative estimate of drug-likeness (QED) is 0.0297. The minimum Gasteiger partial charge on any atom is -0.459 e. The number of hydrogen-bond donors (Lipinski definition) is 0. The summed E-state index contributed by atoms with van der Waals surface area (Å²) in [5.74, 6) is -5.57. The van der Waals surface area contributed by atoms with Crippen LogP contribution in [0.2, 0.25) is 0 Å². The highest BCUT2D eigenvalue weighted by atomic mass is 16.8. The number of methoxy groups -OCH3 is 7. The molecule has 7 aromatic carbocycles. The van der Waals surface area contributed by atoms with Crippen LogP contribution in [0.4, 0.5) is 0 Å². The van der Waals surface area contributed by atoms with Crippen LogP contribution in [-0.4, -0.2) is 272 Å². The lowest BCUT2D eigenvalue weighted by molar-refractivity contribution is -0.398. The summed E-state index contributed by atoms with van der Waals surface area (Å²) < 4.78 is 163. The van der Waals surface area contributed by atoms with Gasteiger partial charge in [-0.1, -0.05) is 140 Å². The summed E-state index contributed by atoms with van der Waals surface area (Å²) in [6.45, 7) is -1.70. The number of carbonyl (C=O) groups is 6. The molecule has 26 atom stereocenters. The van der Waals surface area contributed by atoms with Crippen molar-refractivity contribution in [1.29, 1.82) is 0 Å². The van der Waals surface area contributed by atoms with Crippen molar-refractivity contribution in [3.63, 3.8) is 0 Å². The van der Waals surface area contributed by atoms with Crippen molar-refractivity contribution in [1.82, 2.24) is 0 Å². The van der Waals surface area contributed by atoms with Crippen molar-refractivity contribution in [2.45, 2.75) is 160 Å². The molecule has 7 aromatic rings. The number of rotatable bonds is 31. The molecular formula is C86H92O31. The summed E-state index contributed by atoms with van der Waals surface area (Å²) in [6.07, 6.45) is -35.5. The topological polar surface area (TPSA) is 333 Å². The second-order valence-corrected chi connectivity index (χ2v) is 28.2. The molecule has 14 rings (SSSR count). The molecule has 0 amide bonds. The van der Waals surface area contributed by atoms with E-state index in [0.29, 0.717) is 5.56 Å². The lowest BCUT2D eigenvalue weighted by Crippen LogP contribution is -2.69. The summed E-state index contributed by atoms with van der Waals surface area (Å²) >= 11 is 0. The van der Waals surface area contributed by atoms with E-state index in [0.717, 1.165) is 0 Å². The third-order valence-electron chi connectivity index (χ3n) is 21.1. The Morgan fingerprint density at radius 1 is 0.282 bits per heavy atom. The normalized spacial score (nSPS) is 32.6. The van der Waals surface area contributed by atoms with Crippen molar-refractivity contribution in [2.75, 3.05) is 82.8 Å². The van der Waals surface area contributed by atoms with Crippen molar-refractivity contribution in [2.24, 2.45) is 0 Å². The summed E-state index contributed by atoms with van der Waals surface area (Å²) in [7, 11) is 10.1. The van der Waals surface area contributed by atoms with Gasteiger partial charge >= 0.3 is 35.8 Å². The number of ether oxygens (including phenoxy) is 25. The van der Waals surface area contributed by atoms with Gasteiger partial charge in [0, 0.05) is 55.3 Å². The Labute approximate surface area is 674 Å². The molecule has 0 radical (unpaired) electrons. The predicted octanol–water partition coefficient (Wildman–Crippen LogP) is 7.65. The summed E-state index contributed by atoms with van der Waals surface area (Å²) in [5.41, 5.74) is 0.929. The molecular weight excluding hydrogens is 1530 g/mol. The molecule has 7 heterocycles. The minimum absolute atomic E-state index is 0.0183. The van der Waals surface area contributed by atoms with Gasteiger partial charge in [0.25, 0.3) is 0 Å². The Bertz CT molecular complexity index is 4330. The predicted molar refractivity (Wildman–Crippen MR) is 401 cm³/mol. The molecule has 0 aromatic heterocycles. The molecule has 0 aliphatic carbocycles. The highest BCUT2D eigenvalue weighted by molar-refractivity contribution is 5.92. The smallest absolute Gasteiger partial charge is 0.338 e. The molecule has 13 unspecified atom stereocenters. The van der Waals surface area contributed by atoms with E-state index in [1.165, 1.54) is 110 Å². The number of hydrogen-bond acceptors (Lipinski definition) is 31. The SMILES string of the molecule is COCC1O[C@@H](O[C@H]2C(OC)C(OC)[C@@H]3OC[C@@H]2O3)C(OC)[C@@H](OC)[C@@H]1O[C@@H]1OC(COC(=O)c2ccccc2)[C@@H](O[C@@H]2OC(COC(=O)c3ccccc3)[C@@H](O[C@H]3OC4COC(c5ccccc5)O[C@H]4C(OC(=O)c4ccccc4)C3OC(=O)c3ccccc3)C(OC(=O)c3ccccc3)C2OC(=O)c2ccccc2)[C@H](OC)C1OC. The Kier molecular flexibility index (Phi) is 28.7. The first kappa shape index (κ1) is 84.1. The maximum Gasteiger partial charge on any atom is 0.338 e. The molecule has 7 aliphatic rings. The van der Waals surface area contributed by atoms with Crippen LogP contribution in [0.1, 0.15) is 74.0 Å². The molecule has 0 spiro atoms. The lowest BCUT2D eigenvalue weighted by Gasteiger charge is -2.52. The van der Waals surface area contributed by atoms with E-state index < -0.39 is 209 Å². The largest absolute Gasteiger partial charge is 0.459 e. The fraction of sp³-hybridized carbons (Fsp3) is 0.442.